The van der Waals surface area contributed by atoms with Crippen LogP contribution in [-0.2, 0) is 27.3 Å². The lowest BCUT2D eigenvalue weighted by atomic mass is 9.96. The third-order valence-electron chi connectivity index (χ3n) is 7.85. The Morgan fingerprint density at radius 2 is 1.70 bits per heavy atom. The van der Waals surface area contributed by atoms with Crippen LogP contribution >= 0.6 is 0 Å². The minimum absolute atomic E-state index is 0.0416. The van der Waals surface area contributed by atoms with Crippen molar-refractivity contribution < 1.29 is 32.3 Å². The Morgan fingerprint density at radius 1 is 1.02 bits per heavy atom. The largest absolute Gasteiger partial charge is 0.573 e. The van der Waals surface area contributed by atoms with E-state index in [4.69, 9.17) is 5.53 Å². The molecule has 0 aromatic heterocycles. The van der Waals surface area contributed by atoms with Crippen molar-refractivity contribution in [1.29, 1.82) is 5.53 Å². The van der Waals surface area contributed by atoms with Crippen LogP contribution in [-0.4, -0.2) is 66.6 Å². The number of amides is 3. The summed E-state index contributed by atoms with van der Waals surface area (Å²) in [5.74, 6) is -0.896. The average molecular weight is 603 g/mol. The lowest BCUT2D eigenvalue weighted by Gasteiger charge is -2.24. The molecule has 2 atom stereocenters. The maximum atomic E-state index is 13.4. The number of nitrogens with one attached hydrogen (secondary N) is 3. The number of halogens is 3. The third kappa shape index (κ3) is 8.91. The van der Waals surface area contributed by atoms with Crippen LogP contribution in [0.5, 0.6) is 5.75 Å². The van der Waals surface area contributed by atoms with E-state index in [0.717, 1.165) is 37.1 Å². The van der Waals surface area contributed by atoms with Crippen molar-refractivity contribution in [2.45, 2.75) is 63.9 Å². The highest BCUT2D eigenvalue weighted by molar-refractivity contribution is 5.88. The number of hydrogen-bond donors (Lipinski definition) is 3. The first kappa shape index (κ1) is 31.8. The summed E-state index contributed by atoms with van der Waals surface area (Å²) in [4.78, 5) is 42.5. The molecule has 232 valence electrons. The maximum absolute atomic E-state index is 13.4. The number of benzene rings is 2. The van der Waals surface area contributed by atoms with Gasteiger partial charge in [-0.25, -0.2) is 5.53 Å². The number of hydrogen-bond acceptors (Lipinski definition) is 7. The molecule has 2 saturated heterocycles. The Bertz CT molecular complexity index is 1300. The molecule has 0 aliphatic carbocycles. The van der Waals surface area contributed by atoms with E-state index in [1.54, 1.807) is 36.2 Å². The minimum Gasteiger partial charge on any atom is -0.406 e. The van der Waals surface area contributed by atoms with Gasteiger partial charge in [-0.05, 0) is 73.4 Å². The van der Waals surface area contributed by atoms with Crippen molar-refractivity contribution in [3.8, 4) is 5.75 Å². The quantitative estimate of drug-likeness (QED) is 0.290. The zero-order chi connectivity index (χ0) is 31.0. The van der Waals surface area contributed by atoms with Crippen molar-refractivity contribution in [1.82, 2.24) is 15.1 Å². The summed E-state index contributed by atoms with van der Waals surface area (Å²) in [5.41, 5.74) is 10.0. The molecule has 0 radical (unpaired) electrons. The molecule has 3 amide bonds. The molecular formula is C30H37F3N6O4. The molecular weight excluding hydrogens is 565 g/mol. The topological polar surface area (TPSA) is 127 Å². The summed E-state index contributed by atoms with van der Waals surface area (Å²) < 4.78 is 41.5. The first-order valence-electron chi connectivity index (χ1n) is 14.4. The smallest absolute Gasteiger partial charge is 0.406 e. The highest BCUT2D eigenvalue weighted by Crippen LogP contribution is 2.30. The Morgan fingerprint density at radius 3 is 2.35 bits per heavy atom. The second kappa shape index (κ2) is 14.3. The first-order chi connectivity index (χ1) is 20.6. The van der Waals surface area contributed by atoms with Gasteiger partial charge in [0.25, 0.3) is 0 Å². The molecule has 2 aromatic carbocycles. The monoisotopic (exact) mass is 602 g/mol. The number of nitrogens with zero attached hydrogens (tertiary/aromatic N) is 3. The summed E-state index contributed by atoms with van der Waals surface area (Å²) in [6.45, 7) is 2.00. The van der Waals surface area contributed by atoms with Crippen LogP contribution < -0.4 is 15.4 Å². The Balaban J connectivity index is 1.40. The average Bonchev–Trinajstić information content (AvgIpc) is 3.67. The Kier molecular flexibility index (Phi) is 10.6. The molecule has 2 aliphatic rings. The van der Waals surface area contributed by atoms with Gasteiger partial charge in [-0.3, -0.25) is 14.4 Å². The van der Waals surface area contributed by atoms with Crippen LogP contribution in [0.25, 0.3) is 0 Å². The molecule has 0 saturated carbocycles. The SMILES string of the molecule is CNc1ccc(CNC(=O)C2CC(Cc3ccc(OC(F)(F)F)cc3)CN2C(=O)CCCC(=O)N2CCCC2)cc1N=N. The van der Waals surface area contributed by atoms with Crippen molar-refractivity contribution >= 4 is 29.1 Å². The van der Waals surface area contributed by atoms with Crippen molar-refractivity contribution in [3.63, 3.8) is 0 Å². The molecule has 43 heavy (non-hydrogen) atoms. The molecule has 3 N–H and O–H groups in total. The van der Waals surface area contributed by atoms with Gasteiger partial charge < -0.3 is 25.2 Å². The lowest BCUT2D eigenvalue weighted by molar-refractivity contribution is -0.274. The van der Waals surface area contributed by atoms with Crippen molar-refractivity contribution in [2.24, 2.45) is 11.0 Å². The number of rotatable bonds is 12. The zero-order valence-corrected chi connectivity index (χ0v) is 24.1. The molecule has 0 spiro atoms. The number of carbonyl (C=O) groups excluding carboxylic acids is 3. The second-order valence-electron chi connectivity index (χ2n) is 10.9. The highest BCUT2D eigenvalue weighted by Gasteiger charge is 2.39. The summed E-state index contributed by atoms with van der Waals surface area (Å²) in [5, 5.41) is 9.36. The van der Waals surface area contributed by atoms with Crippen molar-refractivity contribution in [2.75, 3.05) is 32.0 Å². The molecule has 2 heterocycles. The normalized spacial score (nSPS) is 18.4. The van der Waals surface area contributed by atoms with Gasteiger partial charge in [0.2, 0.25) is 17.7 Å². The van der Waals surface area contributed by atoms with Gasteiger partial charge >= 0.3 is 6.36 Å². The Labute approximate surface area is 248 Å². The van der Waals surface area contributed by atoms with Crippen LogP contribution in [0.1, 0.15) is 49.7 Å². The molecule has 2 unspecified atom stereocenters. The van der Waals surface area contributed by atoms with E-state index in [1.165, 1.54) is 12.1 Å². The van der Waals surface area contributed by atoms with Gasteiger partial charge in [-0.15, -0.1) is 13.2 Å². The standard InChI is InChI=1S/C30H37F3N6O4/c1-35-24-12-9-21(16-25(24)37-34)18-36-29(42)26-17-22(15-20-7-10-23(11-8-20)43-30(31,32)33)19-39(26)28(41)6-4-5-27(40)38-13-2-3-14-38/h7-12,16,22,26,34-35H,2-6,13-15,17-19H2,1H3,(H,36,42). The van der Waals surface area contributed by atoms with Crippen molar-refractivity contribution in [3.05, 3.63) is 53.6 Å². The van der Waals surface area contributed by atoms with Crippen LogP contribution in [0, 0.1) is 11.4 Å². The van der Waals surface area contributed by atoms with E-state index < -0.39 is 12.4 Å². The fourth-order valence-corrected chi connectivity index (χ4v) is 5.71. The number of anilines is 1. The predicted molar refractivity (Wildman–Crippen MR) is 153 cm³/mol. The molecule has 10 nitrogen and oxygen atoms in total. The van der Waals surface area contributed by atoms with E-state index in [9.17, 15) is 27.6 Å². The molecule has 13 heteroatoms. The summed E-state index contributed by atoms with van der Waals surface area (Å²) in [6.07, 6.45) is -1.13. The lowest BCUT2D eigenvalue weighted by Crippen LogP contribution is -2.45. The van der Waals surface area contributed by atoms with Gasteiger partial charge in [0.1, 0.15) is 17.5 Å². The van der Waals surface area contributed by atoms with Crippen LogP contribution in [0.4, 0.5) is 24.5 Å². The van der Waals surface area contributed by atoms with Gasteiger partial charge in [-0.2, -0.15) is 5.11 Å². The highest BCUT2D eigenvalue weighted by atomic mass is 19.4. The first-order valence-corrected chi connectivity index (χ1v) is 14.4. The molecule has 2 aliphatic heterocycles. The van der Waals surface area contributed by atoms with Gasteiger partial charge in [0.15, 0.2) is 0 Å². The van der Waals surface area contributed by atoms with E-state index in [1.807, 2.05) is 11.0 Å². The van der Waals surface area contributed by atoms with E-state index >= 15 is 0 Å². The van der Waals surface area contributed by atoms with E-state index in [2.05, 4.69) is 20.5 Å². The fraction of sp³-hybridized carbons (Fsp3) is 0.500. The van der Waals surface area contributed by atoms with Crippen LogP contribution in [0.2, 0.25) is 0 Å². The van der Waals surface area contributed by atoms with Gasteiger partial charge in [0, 0.05) is 46.1 Å². The Hall–Kier alpha value is -4.16. The van der Waals surface area contributed by atoms with Crippen LogP contribution in [0.15, 0.2) is 47.6 Å². The molecule has 4 rings (SSSR count). The summed E-state index contributed by atoms with van der Waals surface area (Å²) in [6, 6.07) is 10.1. The number of carbonyl (C=O) groups is 3. The summed E-state index contributed by atoms with van der Waals surface area (Å²) >= 11 is 0. The molecule has 0 bridgehead atoms. The maximum Gasteiger partial charge on any atom is 0.573 e. The predicted octanol–water partition coefficient (Wildman–Crippen LogP) is 5.16. The van der Waals surface area contributed by atoms with E-state index in [-0.39, 0.29) is 48.8 Å². The minimum atomic E-state index is -4.78. The molecule has 2 fully saturated rings. The summed E-state index contributed by atoms with van der Waals surface area (Å²) in [7, 11) is 1.72. The van der Waals surface area contributed by atoms with Crippen LogP contribution in [0.3, 0.4) is 0 Å². The van der Waals surface area contributed by atoms with Gasteiger partial charge in [0.05, 0.1) is 5.69 Å². The van der Waals surface area contributed by atoms with Gasteiger partial charge in [-0.1, -0.05) is 18.2 Å². The molecule has 2 aromatic rings. The fourth-order valence-electron chi connectivity index (χ4n) is 5.71. The number of alkyl halides is 3. The van der Waals surface area contributed by atoms with E-state index in [0.29, 0.717) is 37.2 Å². The third-order valence-corrected chi connectivity index (χ3v) is 7.85. The number of ether oxygens (including phenoxy) is 1. The zero-order valence-electron chi connectivity index (χ0n) is 24.1. The second-order valence-corrected chi connectivity index (χ2v) is 10.9. The number of likely N-dealkylation sites (tertiary alicyclic amines) is 2.